The molecule has 0 aliphatic rings. The van der Waals surface area contributed by atoms with E-state index >= 15 is 0 Å². The van der Waals surface area contributed by atoms with E-state index in [4.69, 9.17) is 5.11 Å². The molecular weight excluding hydrogens is 330 g/mol. The van der Waals surface area contributed by atoms with Crippen molar-refractivity contribution in [2.24, 2.45) is 0 Å². The summed E-state index contributed by atoms with van der Waals surface area (Å²) >= 11 is 0. The van der Waals surface area contributed by atoms with E-state index in [1.807, 2.05) is 0 Å². The van der Waals surface area contributed by atoms with Gasteiger partial charge in [0.25, 0.3) is 0 Å². The van der Waals surface area contributed by atoms with Crippen molar-refractivity contribution in [1.82, 2.24) is 0 Å². The van der Waals surface area contributed by atoms with Gasteiger partial charge in [-0.15, -0.1) is 0 Å². The first-order chi connectivity index (χ1) is 10.2. The Labute approximate surface area is 198 Å². The third-order valence-corrected chi connectivity index (χ3v) is 4.07. The van der Waals surface area contributed by atoms with Crippen LogP contribution in [-0.2, 0) is 4.79 Å². The number of carbonyl (C=O) groups is 1. The number of aliphatic hydroxyl groups excluding tert-OH is 1. The van der Waals surface area contributed by atoms with Crippen LogP contribution in [0.5, 0.6) is 0 Å². The second kappa shape index (κ2) is 23.6. The van der Waals surface area contributed by atoms with E-state index in [9.17, 15) is 9.90 Å². The zero-order chi connectivity index (χ0) is 15.8. The Kier molecular flexibility index (Phi) is 30.1. The Morgan fingerprint density at radius 1 is 0.826 bits per heavy atom. The predicted molar refractivity (Wildman–Crippen MR) is 99.6 cm³/mol. The molecule has 0 bridgehead atoms. The molecule has 0 aliphatic carbocycles. The van der Waals surface area contributed by atoms with Crippen molar-refractivity contribution in [2.75, 3.05) is 0 Å². The van der Waals surface area contributed by atoms with Gasteiger partial charge in [-0.25, -0.2) is 0 Å². The fourth-order valence-electron chi connectivity index (χ4n) is 2.67. The maximum Gasteiger partial charge on any atom is 1.00 e. The van der Waals surface area contributed by atoms with E-state index < -0.39 is 5.97 Å². The molecule has 0 aliphatic heterocycles. The first kappa shape index (κ1) is 29.4. The summed E-state index contributed by atoms with van der Waals surface area (Å²) in [6, 6.07) is 0. The van der Waals surface area contributed by atoms with Gasteiger partial charge >= 0.3 is 57.4 Å². The van der Waals surface area contributed by atoms with Crippen LogP contribution in [0.15, 0.2) is 0 Å². The minimum atomic E-state index is -0.678. The summed E-state index contributed by atoms with van der Waals surface area (Å²) in [5.41, 5.74) is 0. The molecule has 0 aromatic rings. The molecule has 134 valence electrons. The van der Waals surface area contributed by atoms with Crippen LogP contribution in [0.2, 0.25) is 0 Å². The van der Waals surface area contributed by atoms with Crippen molar-refractivity contribution >= 4 is 23.3 Å². The monoisotopic (exact) mass is 370 g/mol. The van der Waals surface area contributed by atoms with Crippen LogP contribution in [0, 0.1) is 0 Å². The summed E-state index contributed by atoms with van der Waals surface area (Å²) in [7, 11) is 0. The zero-order valence-corrected chi connectivity index (χ0v) is 18.1. The molecular formula is C18H40AlKO3. The molecule has 0 radical (unpaired) electrons. The third-order valence-electron chi connectivity index (χ3n) is 4.07. The summed E-state index contributed by atoms with van der Waals surface area (Å²) in [5.74, 6) is -0.678. The molecule has 0 saturated heterocycles. The van der Waals surface area contributed by atoms with E-state index in [1.54, 1.807) is 0 Å². The topological polar surface area (TPSA) is 57.5 Å². The summed E-state index contributed by atoms with van der Waals surface area (Å²) in [4.78, 5) is 10.3. The van der Waals surface area contributed by atoms with Crippen molar-refractivity contribution in [3.8, 4) is 0 Å². The molecule has 0 amide bonds. The average molecular weight is 371 g/mol. The number of aliphatic carboxylic acids is 1. The fourth-order valence-corrected chi connectivity index (χ4v) is 2.67. The summed E-state index contributed by atoms with van der Waals surface area (Å²) in [6.07, 6.45) is 16.3. The minimum absolute atomic E-state index is 0. The Hall–Kier alpha value is 1.60. The van der Waals surface area contributed by atoms with Crippen LogP contribution in [0.25, 0.3) is 0 Å². The molecule has 0 aromatic carbocycles. The second-order valence-electron chi connectivity index (χ2n) is 6.26. The molecule has 0 spiro atoms. The molecule has 1 atom stereocenters. The summed E-state index contributed by atoms with van der Waals surface area (Å²) in [5, 5.41) is 18.4. The van der Waals surface area contributed by atoms with E-state index in [1.165, 1.54) is 51.4 Å². The van der Waals surface area contributed by atoms with E-state index in [0.29, 0.717) is 6.42 Å². The Bertz CT molecular complexity index is 246. The van der Waals surface area contributed by atoms with Crippen LogP contribution in [-0.4, -0.2) is 39.6 Å². The van der Waals surface area contributed by atoms with Gasteiger partial charge in [-0.05, 0) is 19.3 Å². The molecule has 0 rings (SSSR count). The molecule has 23 heavy (non-hydrogen) atoms. The van der Waals surface area contributed by atoms with Crippen molar-refractivity contribution in [3.05, 3.63) is 0 Å². The second-order valence-corrected chi connectivity index (χ2v) is 6.26. The van der Waals surface area contributed by atoms with Crippen LogP contribution >= 0.6 is 0 Å². The van der Waals surface area contributed by atoms with Crippen molar-refractivity contribution in [1.29, 1.82) is 0 Å². The normalized spacial score (nSPS) is 11.4. The summed E-state index contributed by atoms with van der Waals surface area (Å²) in [6.45, 7) is 2.21. The van der Waals surface area contributed by atoms with Gasteiger partial charge in [0.15, 0.2) is 17.4 Å². The predicted octanol–water partition coefficient (Wildman–Crippen LogP) is 1.24. The molecule has 1 unspecified atom stereocenters. The van der Waals surface area contributed by atoms with Crippen molar-refractivity contribution in [3.63, 3.8) is 0 Å². The number of hydrogen-bond donors (Lipinski definition) is 2. The number of carboxylic acid groups (broad SMARTS) is 1. The Morgan fingerprint density at radius 2 is 1.22 bits per heavy atom. The SMILES string of the molecule is CCCCCCC(O)CCCCCCCCCCC(=O)O.[AlH3].[H-].[K+]. The largest absolute Gasteiger partial charge is 1.00 e. The average Bonchev–Trinajstić information content (AvgIpc) is 2.45. The van der Waals surface area contributed by atoms with E-state index in [-0.39, 0.29) is 76.3 Å². The van der Waals surface area contributed by atoms with Gasteiger partial charge in [-0.3, -0.25) is 4.79 Å². The molecule has 0 saturated carbocycles. The van der Waals surface area contributed by atoms with Gasteiger partial charge in [-0.2, -0.15) is 0 Å². The third kappa shape index (κ3) is 25.9. The van der Waals surface area contributed by atoms with Gasteiger partial charge in [0.1, 0.15) is 0 Å². The van der Waals surface area contributed by atoms with Gasteiger partial charge in [-0.1, -0.05) is 77.6 Å². The Balaban J connectivity index is -0.000000667. The summed E-state index contributed by atoms with van der Waals surface area (Å²) < 4.78 is 0. The fraction of sp³-hybridized carbons (Fsp3) is 0.944. The Morgan fingerprint density at radius 3 is 1.65 bits per heavy atom. The van der Waals surface area contributed by atoms with Gasteiger partial charge < -0.3 is 11.6 Å². The van der Waals surface area contributed by atoms with Gasteiger partial charge in [0.2, 0.25) is 0 Å². The van der Waals surface area contributed by atoms with E-state index in [0.717, 1.165) is 38.5 Å². The quantitative estimate of drug-likeness (QED) is 0.317. The molecule has 2 N–H and O–H groups in total. The van der Waals surface area contributed by atoms with Crippen LogP contribution < -0.4 is 51.4 Å². The standard InChI is InChI=1S/C18H36O3.Al.K.4H/c1-2-3-4-11-14-17(19)15-12-9-7-5-6-8-10-13-16-18(20)21;;;;;;/h17,19H,2-16H2,1H3,(H,20,21);;;;;;/q;;+1;;;;-1. The molecule has 3 nitrogen and oxygen atoms in total. The van der Waals surface area contributed by atoms with Crippen LogP contribution in [0.3, 0.4) is 0 Å². The molecule has 0 heterocycles. The van der Waals surface area contributed by atoms with Gasteiger partial charge in [0.05, 0.1) is 6.10 Å². The number of aliphatic hydroxyl groups is 1. The number of carboxylic acids is 1. The maximum atomic E-state index is 10.3. The maximum absolute atomic E-state index is 10.3. The van der Waals surface area contributed by atoms with Crippen molar-refractivity contribution in [2.45, 2.75) is 109 Å². The van der Waals surface area contributed by atoms with Gasteiger partial charge in [0, 0.05) is 6.42 Å². The van der Waals surface area contributed by atoms with Crippen molar-refractivity contribution < 1.29 is 67.8 Å². The molecule has 0 aromatic heterocycles. The zero-order valence-electron chi connectivity index (χ0n) is 16.0. The molecule has 0 fully saturated rings. The first-order valence-corrected chi connectivity index (χ1v) is 9.06. The number of hydrogen-bond acceptors (Lipinski definition) is 2. The smallest absolute Gasteiger partial charge is 1.00 e. The van der Waals surface area contributed by atoms with E-state index in [2.05, 4.69) is 6.92 Å². The van der Waals surface area contributed by atoms with Crippen LogP contribution in [0.4, 0.5) is 0 Å². The number of unbranched alkanes of at least 4 members (excludes halogenated alkanes) is 10. The molecule has 5 heteroatoms. The minimum Gasteiger partial charge on any atom is -1.00 e. The first-order valence-electron chi connectivity index (χ1n) is 9.06. The number of rotatable bonds is 16. The van der Waals surface area contributed by atoms with Crippen LogP contribution in [0.1, 0.15) is 105 Å².